The number of carbonyl (C=O) groups excluding carboxylic acids is 4. The molecule has 0 bridgehead atoms. The van der Waals surface area contributed by atoms with E-state index in [1.807, 2.05) is 105 Å². The van der Waals surface area contributed by atoms with E-state index in [2.05, 4.69) is 6.58 Å². The van der Waals surface area contributed by atoms with Crippen molar-refractivity contribution in [3.8, 4) is 0 Å². The molecule has 1 saturated heterocycles. The summed E-state index contributed by atoms with van der Waals surface area (Å²) >= 11 is 0. The standard InChI is InChI=1S/C38H37N2O5P/c1-4-23-45-38(44)37(40-32(34(26(2)3)36(40)43)25-33(41)27-15-14-16-28(24-27)35(39)42)46(29-17-8-5-9-18-29,30-19-10-6-11-20-30)31-21-12-7-13-22-31/h4-22,24,26,32,34H,1,23,25H2,2-3H3,(H2,39,42). The van der Waals surface area contributed by atoms with Crippen LogP contribution in [-0.2, 0) is 14.3 Å². The Morgan fingerprint density at radius 2 is 1.33 bits per heavy atom. The summed E-state index contributed by atoms with van der Waals surface area (Å²) in [6.07, 6.45) is 1.43. The Balaban J connectivity index is 1.83. The molecule has 1 fully saturated rings. The summed E-state index contributed by atoms with van der Waals surface area (Å²) in [4.78, 5) is 56.1. The number of amides is 2. The Hall–Kier alpha value is -5.00. The van der Waals surface area contributed by atoms with Crippen molar-refractivity contribution >= 4 is 51.8 Å². The van der Waals surface area contributed by atoms with Crippen molar-refractivity contribution in [1.29, 1.82) is 0 Å². The number of likely N-dealkylation sites (tertiary alicyclic amines) is 1. The molecule has 8 heteroatoms. The highest BCUT2D eigenvalue weighted by atomic mass is 31.2. The van der Waals surface area contributed by atoms with E-state index < -0.39 is 30.7 Å². The van der Waals surface area contributed by atoms with Crippen LogP contribution in [0.4, 0.5) is 0 Å². The third-order valence-electron chi connectivity index (χ3n) is 8.34. The Kier molecular flexibility index (Phi) is 9.84. The molecule has 234 valence electrons. The number of benzene rings is 4. The monoisotopic (exact) mass is 632 g/mol. The lowest BCUT2D eigenvalue weighted by molar-refractivity contribution is -0.153. The number of ketones is 1. The van der Waals surface area contributed by atoms with Crippen LogP contribution in [0.1, 0.15) is 41.0 Å². The number of rotatable bonds is 12. The van der Waals surface area contributed by atoms with E-state index in [1.54, 1.807) is 18.2 Å². The summed E-state index contributed by atoms with van der Waals surface area (Å²) < 4.78 is 5.81. The second kappa shape index (κ2) is 14.0. The summed E-state index contributed by atoms with van der Waals surface area (Å²) in [6, 6.07) is 34.8. The minimum absolute atomic E-state index is 0.0557. The van der Waals surface area contributed by atoms with Crippen LogP contribution in [0.3, 0.4) is 0 Å². The van der Waals surface area contributed by atoms with Crippen LogP contribution < -0.4 is 21.6 Å². The molecule has 1 heterocycles. The SMILES string of the molecule is C=CCOC(=O)C(N1C(=O)C(C(C)C)C1CC(=O)c1cccc(C(N)=O)c1)=P(c1ccccc1)(c1ccccc1)c1ccccc1. The molecule has 0 saturated carbocycles. The molecule has 4 aromatic rings. The number of β-lactam (4-membered cyclic amide) rings is 1. The zero-order chi connectivity index (χ0) is 32.8. The summed E-state index contributed by atoms with van der Waals surface area (Å²) in [5.41, 5.74) is 6.23. The number of hydrogen-bond donors (Lipinski definition) is 1. The zero-order valence-corrected chi connectivity index (χ0v) is 26.8. The molecule has 2 N–H and O–H groups in total. The first kappa shape index (κ1) is 32.4. The van der Waals surface area contributed by atoms with Crippen molar-refractivity contribution in [2.45, 2.75) is 26.3 Å². The van der Waals surface area contributed by atoms with E-state index >= 15 is 0 Å². The second-order valence-corrected chi connectivity index (χ2v) is 14.8. The van der Waals surface area contributed by atoms with Crippen LogP contribution in [-0.4, -0.2) is 46.5 Å². The molecular weight excluding hydrogens is 595 g/mol. The summed E-state index contributed by atoms with van der Waals surface area (Å²) in [6.45, 7) is 4.44. The van der Waals surface area contributed by atoms with Crippen molar-refractivity contribution in [2.24, 2.45) is 17.6 Å². The Morgan fingerprint density at radius 1 is 0.826 bits per heavy atom. The molecule has 2 unspecified atom stereocenters. The average molecular weight is 633 g/mol. The fourth-order valence-corrected chi connectivity index (χ4v) is 10.7. The van der Waals surface area contributed by atoms with Crippen LogP contribution in [0.5, 0.6) is 0 Å². The number of nitrogens with zero attached hydrogens (tertiary/aromatic N) is 1. The molecular formula is C38H37N2O5P. The Labute approximate surface area is 269 Å². The van der Waals surface area contributed by atoms with Crippen LogP contribution in [0, 0.1) is 11.8 Å². The van der Waals surface area contributed by atoms with Gasteiger partial charge in [-0.25, -0.2) is 4.79 Å². The van der Waals surface area contributed by atoms with Gasteiger partial charge in [0.1, 0.15) is 12.0 Å². The smallest absolute Gasteiger partial charge is 0.356 e. The first-order valence-electron chi connectivity index (χ1n) is 15.2. The average Bonchev–Trinajstić information content (AvgIpc) is 3.08. The van der Waals surface area contributed by atoms with E-state index in [1.165, 1.54) is 17.0 Å². The van der Waals surface area contributed by atoms with E-state index in [-0.39, 0.29) is 41.6 Å². The van der Waals surface area contributed by atoms with Gasteiger partial charge in [0.05, 0.1) is 12.0 Å². The van der Waals surface area contributed by atoms with Gasteiger partial charge in [-0.05, 0) is 34.0 Å². The van der Waals surface area contributed by atoms with Gasteiger partial charge in [0.15, 0.2) is 5.78 Å². The van der Waals surface area contributed by atoms with Gasteiger partial charge in [0.2, 0.25) is 11.8 Å². The summed E-state index contributed by atoms with van der Waals surface area (Å²) in [5.74, 6) is -2.42. The van der Waals surface area contributed by atoms with Gasteiger partial charge in [-0.2, -0.15) is 0 Å². The first-order valence-corrected chi connectivity index (χ1v) is 17.0. The highest BCUT2D eigenvalue weighted by Gasteiger charge is 2.55. The molecule has 2 amide bonds. The molecule has 46 heavy (non-hydrogen) atoms. The number of Topliss-reactive ketones (excluding diaryl/α,β-unsaturated/α-hetero) is 1. The van der Waals surface area contributed by atoms with Crippen LogP contribution in [0.2, 0.25) is 0 Å². The molecule has 1 aliphatic rings. The molecule has 0 aromatic heterocycles. The third-order valence-corrected chi connectivity index (χ3v) is 12.6. The van der Waals surface area contributed by atoms with Crippen molar-refractivity contribution in [1.82, 2.24) is 4.90 Å². The van der Waals surface area contributed by atoms with E-state index in [9.17, 15) is 19.2 Å². The topological polar surface area (TPSA) is 107 Å². The maximum atomic E-state index is 14.5. The van der Waals surface area contributed by atoms with Gasteiger partial charge in [-0.15, -0.1) is 0 Å². The van der Waals surface area contributed by atoms with Gasteiger partial charge >= 0.3 is 5.97 Å². The number of primary amides is 1. The lowest BCUT2D eigenvalue weighted by Gasteiger charge is -2.51. The van der Waals surface area contributed by atoms with E-state index in [0.29, 0.717) is 5.56 Å². The maximum Gasteiger partial charge on any atom is 0.356 e. The minimum atomic E-state index is -3.11. The van der Waals surface area contributed by atoms with Gasteiger partial charge in [0, 0.05) is 24.4 Å². The maximum absolute atomic E-state index is 14.5. The first-order chi connectivity index (χ1) is 22.2. The van der Waals surface area contributed by atoms with Crippen molar-refractivity contribution in [3.05, 3.63) is 139 Å². The van der Waals surface area contributed by atoms with Crippen LogP contribution >= 0.6 is 6.89 Å². The fourth-order valence-electron chi connectivity index (χ4n) is 6.29. The number of esters is 1. The van der Waals surface area contributed by atoms with Gasteiger partial charge in [-0.3, -0.25) is 14.4 Å². The predicted molar refractivity (Wildman–Crippen MR) is 184 cm³/mol. The van der Waals surface area contributed by atoms with E-state index in [0.717, 1.165) is 15.9 Å². The predicted octanol–water partition coefficient (Wildman–Crippen LogP) is 4.69. The van der Waals surface area contributed by atoms with Crippen molar-refractivity contribution in [2.75, 3.05) is 6.61 Å². The van der Waals surface area contributed by atoms with Crippen LogP contribution in [0.25, 0.3) is 0 Å². The Morgan fingerprint density at radius 3 is 1.78 bits per heavy atom. The highest BCUT2D eigenvalue weighted by molar-refractivity contribution is 7.96. The van der Waals surface area contributed by atoms with Crippen molar-refractivity contribution < 1.29 is 23.9 Å². The second-order valence-electron chi connectivity index (χ2n) is 11.5. The molecule has 1 aliphatic heterocycles. The molecule has 4 aromatic carbocycles. The fraction of sp³-hybridized carbons (Fsp3) is 0.184. The summed E-state index contributed by atoms with van der Waals surface area (Å²) in [5, 5.41) is 2.58. The van der Waals surface area contributed by atoms with Crippen LogP contribution in [0.15, 0.2) is 128 Å². The Bertz CT molecular complexity index is 1720. The normalized spacial score (nSPS) is 16.0. The van der Waals surface area contributed by atoms with E-state index in [4.69, 9.17) is 10.5 Å². The molecule has 7 nitrogen and oxygen atoms in total. The lowest BCUT2D eigenvalue weighted by atomic mass is 9.76. The number of nitrogens with two attached hydrogens (primary N) is 1. The molecule has 0 radical (unpaired) electrons. The van der Waals surface area contributed by atoms with Gasteiger partial charge < -0.3 is 15.4 Å². The van der Waals surface area contributed by atoms with Crippen molar-refractivity contribution in [3.63, 3.8) is 0 Å². The van der Waals surface area contributed by atoms with Gasteiger partial charge in [0.25, 0.3) is 0 Å². The summed E-state index contributed by atoms with van der Waals surface area (Å²) in [7, 11) is 0. The number of hydrogen-bond acceptors (Lipinski definition) is 5. The van der Waals surface area contributed by atoms with Gasteiger partial charge in [-0.1, -0.05) is 130 Å². The quantitative estimate of drug-likeness (QED) is 0.0802. The minimum Gasteiger partial charge on any atom is -0.457 e. The third kappa shape index (κ3) is 5.99. The number of ether oxygens (including phenoxy) is 1. The zero-order valence-electron chi connectivity index (χ0n) is 25.9. The molecule has 5 rings (SSSR count). The molecule has 0 aliphatic carbocycles. The molecule has 2 atom stereocenters. The highest BCUT2D eigenvalue weighted by Crippen LogP contribution is 2.50. The molecule has 0 spiro atoms. The lowest BCUT2D eigenvalue weighted by Crippen LogP contribution is -2.67. The number of carbonyl (C=O) groups is 4. The largest absolute Gasteiger partial charge is 0.457 e.